The van der Waals surface area contributed by atoms with Gasteiger partial charge in [-0.3, -0.25) is 0 Å². The summed E-state index contributed by atoms with van der Waals surface area (Å²) in [7, 11) is 3.00. The van der Waals surface area contributed by atoms with Gasteiger partial charge in [0.1, 0.15) is 40.4 Å². The zero-order valence-electron chi connectivity index (χ0n) is 19.0. The maximum atomic E-state index is 5.65. The Bertz CT molecular complexity index is 1130. The smallest absolute Gasteiger partial charge is 0.122 e. The van der Waals surface area contributed by atoms with Crippen molar-refractivity contribution in [2.75, 3.05) is 21.3 Å². The van der Waals surface area contributed by atoms with E-state index in [1.165, 1.54) is 25.0 Å². The first-order chi connectivity index (χ1) is 16.1. The lowest BCUT2D eigenvalue weighted by Gasteiger charge is -2.28. The van der Waals surface area contributed by atoms with Crippen LogP contribution in [0.25, 0.3) is 0 Å². The first-order valence-corrected chi connectivity index (χ1v) is 13.7. The molecule has 0 radical (unpaired) electrons. The van der Waals surface area contributed by atoms with Crippen LogP contribution in [0.15, 0.2) is 97.1 Å². The van der Waals surface area contributed by atoms with E-state index in [9.17, 15) is 0 Å². The largest absolute Gasteiger partial charge is 0.497 e. The highest BCUT2D eigenvalue weighted by Gasteiger charge is 2.46. The van der Waals surface area contributed by atoms with E-state index in [1.807, 2.05) is 18.2 Å². The molecule has 0 fully saturated rings. The molecule has 0 spiro atoms. The summed E-state index contributed by atoms with van der Waals surface area (Å²) in [6.45, 7) is 0. The van der Waals surface area contributed by atoms with E-state index in [0.717, 1.165) is 23.4 Å². The second-order valence-corrected chi connectivity index (χ2v) is 12.4. The molecule has 168 valence electrons. The van der Waals surface area contributed by atoms with E-state index < -0.39 is 7.26 Å². The maximum absolute atomic E-state index is 5.65. The van der Waals surface area contributed by atoms with E-state index in [0.29, 0.717) is 0 Å². The van der Waals surface area contributed by atoms with E-state index in [-0.39, 0.29) is 0 Å². The SMILES string of the molecule is COc1cccc([P+](Cc2cccc(I)c2)(c2cccc(OC)c2)c2cccc(OC)c2)c1. The molecule has 5 heteroatoms. The van der Waals surface area contributed by atoms with Crippen molar-refractivity contribution in [2.45, 2.75) is 6.16 Å². The highest BCUT2D eigenvalue weighted by atomic mass is 127. The minimum Gasteiger partial charge on any atom is -0.497 e. The Balaban J connectivity index is 2.07. The summed E-state index contributed by atoms with van der Waals surface area (Å²) in [5.74, 6) is 2.56. The molecule has 0 N–H and O–H groups in total. The summed E-state index contributed by atoms with van der Waals surface area (Å²) in [4.78, 5) is 0. The van der Waals surface area contributed by atoms with Gasteiger partial charge in [-0.15, -0.1) is 0 Å². The van der Waals surface area contributed by atoms with Crippen LogP contribution in [0.1, 0.15) is 5.56 Å². The molecule has 4 aromatic carbocycles. The van der Waals surface area contributed by atoms with Crippen molar-refractivity contribution in [1.82, 2.24) is 0 Å². The Morgan fingerprint density at radius 3 is 1.39 bits per heavy atom. The summed E-state index contributed by atoms with van der Waals surface area (Å²) in [5.41, 5.74) is 1.30. The molecular formula is C28H27IO3P+. The van der Waals surface area contributed by atoms with Gasteiger partial charge in [0.15, 0.2) is 0 Å². The van der Waals surface area contributed by atoms with Gasteiger partial charge in [0.05, 0.1) is 27.5 Å². The third-order valence-corrected chi connectivity index (χ3v) is 10.8. The lowest BCUT2D eigenvalue weighted by Crippen LogP contribution is -2.32. The van der Waals surface area contributed by atoms with Crippen molar-refractivity contribution < 1.29 is 14.2 Å². The molecule has 33 heavy (non-hydrogen) atoms. The van der Waals surface area contributed by atoms with Crippen LogP contribution in [0, 0.1) is 3.57 Å². The average molecular weight is 569 g/mol. The van der Waals surface area contributed by atoms with E-state index >= 15 is 0 Å². The Hall–Kier alpha value is -2.56. The first kappa shape index (κ1) is 23.6. The lowest BCUT2D eigenvalue weighted by atomic mass is 10.2. The van der Waals surface area contributed by atoms with Gasteiger partial charge in [-0.1, -0.05) is 30.3 Å². The van der Waals surface area contributed by atoms with Crippen LogP contribution >= 0.6 is 29.9 Å². The summed E-state index contributed by atoms with van der Waals surface area (Å²) >= 11 is 2.39. The van der Waals surface area contributed by atoms with Crippen molar-refractivity contribution in [3.63, 3.8) is 0 Å². The number of halogens is 1. The van der Waals surface area contributed by atoms with Gasteiger partial charge in [-0.2, -0.15) is 0 Å². The summed E-state index contributed by atoms with van der Waals surface area (Å²) in [6, 6.07) is 34.2. The number of methoxy groups -OCH3 is 3. The van der Waals surface area contributed by atoms with Crippen LogP contribution in [0.3, 0.4) is 0 Å². The summed E-state index contributed by atoms with van der Waals surface area (Å²) in [5, 5.41) is 3.76. The van der Waals surface area contributed by atoms with Gasteiger partial charge >= 0.3 is 0 Å². The van der Waals surface area contributed by atoms with Gasteiger partial charge < -0.3 is 14.2 Å². The number of benzene rings is 4. The van der Waals surface area contributed by atoms with Gasteiger partial charge in [0, 0.05) is 21.8 Å². The fourth-order valence-electron chi connectivity index (χ4n) is 4.17. The average Bonchev–Trinajstić information content (AvgIpc) is 2.87. The van der Waals surface area contributed by atoms with Crippen LogP contribution in [-0.4, -0.2) is 21.3 Å². The van der Waals surface area contributed by atoms with Crippen molar-refractivity contribution in [2.24, 2.45) is 0 Å². The zero-order chi connectivity index (χ0) is 23.3. The number of hydrogen-bond acceptors (Lipinski definition) is 3. The molecule has 0 aliphatic heterocycles. The quantitative estimate of drug-likeness (QED) is 0.198. The Labute approximate surface area is 210 Å². The molecule has 0 unspecified atom stereocenters. The van der Waals surface area contributed by atoms with Crippen molar-refractivity contribution in [3.05, 3.63) is 106 Å². The predicted molar refractivity (Wildman–Crippen MR) is 148 cm³/mol. The number of rotatable bonds is 8. The predicted octanol–water partition coefficient (Wildman–Crippen LogP) is 5.81. The van der Waals surface area contributed by atoms with Gasteiger partial charge in [-0.05, 0) is 76.7 Å². The molecule has 0 saturated carbocycles. The highest BCUT2D eigenvalue weighted by Crippen LogP contribution is 2.59. The Morgan fingerprint density at radius 1 is 0.576 bits per heavy atom. The molecule has 0 atom stereocenters. The van der Waals surface area contributed by atoms with Crippen LogP contribution in [0.4, 0.5) is 0 Å². The lowest BCUT2D eigenvalue weighted by molar-refractivity contribution is 0.415. The highest BCUT2D eigenvalue weighted by molar-refractivity contribution is 14.1. The number of ether oxygens (including phenoxy) is 3. The van der Waals surface area contributed by atoms with Crippen molar-refractivity contribution >= 4 is 45.8 Å². The third kappa shape index (κ3) is 5.02. The van der Waals surface area contributed by atoms with Gasteiger partial charge in [0.2, 0.25) is 0 Å². The number of hydrogen-bond donors (Lipinski definition) is 0. The molecule has 3 nitrogen and oxygen atoms in total. The molecule has 0 aliphatic carbocycles. The molecule has 0 heterocycles. The molecule has 0 bridgehead atoms. The normalized spacial score (nSPS) is 11.2. The minimum absolute atomic E-state index is 0.852. The summed E-state index contributed by atoms with van der Waals surface area (Å²) < 4.78 is 18.2. The zero-order valence-corrected chi connectivity index (χ0v) is 22.0. The van der Waals surface area contributed by atoms with Crippen LogP contribution in [0.5, 0.6) is 17.2 Å². The van der Waals surface area contributed by atoms with Crippen molar-refractivity contribution in [1.29, 1.82) is 0 Å². The standard InChI is InChI=1S/C28H27IO3P/c1-30-23-10-5-13-26(17-23)33(20-21-8-4-9-22(29)16-21,27-14-6-11-24(18-27)31-2)28-15-7-12-25(19-28)32-3/h4-19H,20H2,1-3H3/q+1. The molecule has 0 aromatic heterocycles. The fraction of sp³-hybridized carbons (Fsp3) is 0.143. The topological polar surface area (TPSA) is 27.7 Å². The van der Waals surface area contributed by atoms with Crippen LogP contribution in [-0.2, 0) is 6.16 Å². The molecule has 4 rings (SSSR count). The maximum Gasteiger partial charge on any atom is 0.122 e. The molecule has 0 saturated heterocycles. The molecule has 4 aromatic rings. The van der Waals surface area contributed by atoms with E-state index in [2.05, 4.69) is 101 Å². The monoisotopic (exact) mass is 569 g/mol. The van der Waals surface area contributed by atoms with E-state index in [1.54, 1.807) is 21.3 Å². The fourth-order valence-corrected chi connectivity index (χ4v) is 9.03. The third-order valence-electron chi connectivity index (χ3n) is 5.79. The Kier molecular flexibility index (Phi) is 7.56. The molecule has 0 amide bonds. The second kappa shape index (κ2) is 10.6. The van der Waals surface area contributed by atoms with Gasteiger partial charge in [0.25, 0.3) is 0 Å². The van der Waals surface area contributed by atoms with Crippen LogP contribution < -0.4 is 30.1 Å². The van der Waals surface area contributed by atoms with Crippen molar-refractivity contribution in [3.8, 4) is 17.2 Å². The second-order valence-electron chi connectivity index (χ2n) is 7.70. The molecular weight excluding hydrogens is 542 g/mol. The first-order valence-electron chi connectivity index (χ1n) is 10.7. The van der Waals surface area contributed by atoms with E-state index in [4.69, 9.17) is 14.2 Å². The van der Waals surface area contributed by atoms with Crippen LogP contribution in [0.2, 0.25) is 0 Å². The molecule has 0 aliphatic rings. The Morgan fingerprint density at radius 2 is 1.00 bits per heavy atom. The minimum atomic E-state index is -2.16. The summed E-state index contributed by atoms with van der Waals surface area (Å²) in [6.07, 6.45) is 0.872. The van der Waals surface area contributed by atoms with Gasteiger partial charge in [-0.25, -0.2) is 0 Å².